The molecule has 2 aliphatic heterocycles. The van der Waals surface area contributed by atoms with Crippen molar-refractivity contribution in [3.8, 4) is 28.3 Å². The number of aliphatic hydroxyl groups is 3. The summed E-state index contributed by atoms with van der Waals surface area (Å²) in [4.78, 5) is 7.78. The lowest BCUT2D eigenvalue weighted by molar-refractivity contribution is 0.00706. The number of ether oxygens (including phenoxy) is 3. The Hall–Kier alpha value is -3.02. The molecule has 6 atom stereocenters. The first kappa shape index (κ1) is 27.2. The SMILES string of the molecule is C[C@@H](O)[C@@H](CO)NCc1ccc(-c2ccc(-c3cc4nc(O[C@@H]5COC6[C@H](O)CO[C@@H]65)[nH]c4cc3Cl)cc2)cc1. The number of H-pyrrole nitrogens is 1. The number of halogens is 1. The predicted octanol–water partition coefficient (Wildman–Crippen LogP) is 3.29. The minimum absolute atomic E-state index is 0.119. The van der Waals surface area contributed by atoms with Gasteiger partial charge in [-0.2, -0.15) is 4.98 Å². The second kappa shape index (κ2) is 11.5. The van der Waals surface area contributed by atoms with Gasteiger partial charge in [-0.05, 0) is 41.3 Å². The third-order valence-electron chi connectivity index (χ3n) is 7.62. The summed E-state index contributed by atoms with van der Waals surface area (Å²) >= 11 is 6.67. The molecule has 0 saturated carbocycles. The third-order valence-corrected chi connectivity index (χ3v) is 7.94. The van der Waals surface area contributed by atoms with Gasteiger partial charge in [0, 0.05) is 12.1 Å². The van der Waals surface area contributed by atoms with E-state index in [0.29, 0.717) is 24.2 Å². The Bertz CT molecular complexity index is 1460. The highest BCUT2D eigenvalue weighted by Gasteiger charge is 2.48. The van der Waals surface area contributed by atoms with Crippen LogP contribution in [0.15, 0.2) is 60.7 Å². The van der Waals surface area contributed by atoms with Crippen LogP contribution in [-0.4, -0.2) is 81.7 Å². The van der Waals surface area contributed by atoms with Crippen LogP contribution in [0.4, 0.5) is 0 Å². The highest BCUT2D eigenvalue weighted by molar-refractivity contribution is 6.34. The van der Waals surface area contributed by atoms with E-state index < -0.39 is 12.2 Å². The zero-order valence-corrected chi connectivity index (χ0v) is 22.7. The molecule has 0 amide bonds. The number of aromatic amines is 1. The molecule has 210 valence electrons. The highest BCUT2D eigenvalue weighted by atomic mass is 35.5. The minimum atomic E-state index is -0.634. The molecule has 2 saturated heterocycles. The molecule has 1 aromatic heterocycles. The summed E-state index contributed by atoms with van der Waals surface area (Å²) in [6.07, 6.45) is -2.29. The van der Waals surface area contributed by atoms with Gasteiger partial charge >= 0.3 is 0 Å². The number of imidazole rings is 1. The molecule has 10 heteroatoms. The molecular weight excluding hydrogens is 534 g/mol. The fraction of sp³-hybridized carbons (Fsp3) is 0.367. The number of aliphatic hydroxyl groups excluding tert-OH is 3. The lowest BCUT2D eigenvalue weighted by Gasteiger charge is -2.19. The Kier molecular flexibility index (Phi) is 7.78. The zero-order chi connectivity index (χ0) is 27.8. The minimum Gasteiger partial charge on any atom is -0.456 e. The molecular formula is C30H32ClN3O6. The van der Waals surface area contributed by atoms with E-state index in [2.05, 4.69) is 39.6 Å². The van der Waals surface area contributed by atoms with Crippen LogP contribution in [0.2, 0.25) is 5.02 Å². The van der Waals surface area contributed by atoms with E-state index in [4.69, 9.17) is 25.8 Å². The molecule has 0 aliphatic carbocycles. The number of benzene rings is 3. The second-order valence-corrected chi connectivity index (χ2v) is 10.8. The molecule has 0 spiro atoms. The van der Waals surface area contributed by atoms with E-state index in [0.717, 1.165) is 38.9 Å². The fourth-order valence-corrected chi connectivity index (χ4v) is 5.54. The number of hydrogen-bond donors (Lipinski definition) is 5. The smallest absolute Gasteiger partial charge is 0.295 e. The van der Waals surface area contributed by atoms with Crippen LogP contribution >= 0.6 is 11.6 Å². The molecule has 0 bridgehead atoms. The van der Waals surface area contributed by atoms with Crippen LogP contribution in [0.1, 0.15) is 12.5 Å². The van der Waals surface area contributed by atoms with Gasteiger partial charge in [0.15, 0.2) is 6.10 Å². The Morgan fingerprint density at radius 1 is 1.02 bits per heavy atom. The van der Waals surface area contributed by atoms with Crippen molar-refractivity contribution in [3.05, 3.63) is 71.2 Å². The van der Waals surface area contributed by atoms with Gasteiger partial charge in [0.1, 0.15) is 18.3 Å². The summed E-state index contributed by atoms with van der Waals surface area (Å²) in [5, 5.41) is 32.8. The van der Waals surface area contributed by atoms with Gasteiger partial charge in [-0.15, -0.1) is 0 Å². The standard InChI is InChI=1S/C30H32ClN3O6/c1-16(36)25(13-35)32-12-17-2-4-18(5-3-17)19-6-8-20(9-7-19)21-10-23-24(11-22(21)31)34-30(33-23)40-27-15-39-28-26(37)14-38-29(27)28/h2-11,16,25-29,32,35-37H,12-15H2,1H3,(H,33,34)/t16-,25-,26-,27-,28?,29-/m1/s1. The van der Waals surface area contributed by atoms with Crippen LogP contribution in [0.25, 0.3) is 33.3 Å². The number of aromatic nitrogens is 2. The molecule has 1 unspecified atom stereocenters. The normalized spacial score (nSPS) is 23.8. The van der Waals surface area contributed by atoms with E-state index in [1.54, 1.807) is 6.92 Å². The van der Waals surface area contributed by atoms with Crippen LogP contribution in [0, 0.1) is 0 Å². The summed E-state index contributed by atoms with van der Waals surface area (Å²) in [7, 11) is 0. The van der Waals surface area contributed by atoms with Gasteiger partial charge < -0.3 is 39.8 Å². The Labute approximate surface area is 236 Å². The maximum atomic E-state index is 9.96. The lowest BCUT2D eigenvalue weighted by atomic mass is 9.99. The summed E-state index contributed by atoms with van der Waals surface area (Å²) in [6.45, 7) is 2.67. The molecule has 40 heavy (non-hydrogen) atoms. The quantitative estimate of drug-likeness (QED) is 0.209. The fourth-order valence-electron chi connectivity index (χ4n) is 5.27. The van der Waals surface area contributed by atoms with Crippen molar-refractivity contribution in [2.75, 3.05) is 19.8 Å². The lowest BCUT2D eigenvalue weighted by Crippen LogP contribution is -2.40. The molecule has 6 rings (SSSR count). The largest absolute Gasteiger partial charge is 0.456 e. The number of fused-ring (bicyclic) bond motifs is 2. The molecule has 3 aromatic carbocycles. The van der Waals surface area contributed by atoms with Gasteiger partial charge in [-0.25, -0.2) is 0 Å². The Balaban J connectivity index is 1.14. The van der Waals surface area contributed by atoms with Crippen LogP contribution in [0.3, 0.4) is 0 Å². The molecule has 4 aromatic rings. The second-order valence-electron chi connectivity index (χ2n) is 10.4. The van der Waals surface area contributed by atoms with E-state index >= 15 is 0 Å². The molecule has 0 radical (unpaired) electrons. The topological polar surface area (TPSA) is 129 Å². The molecule has 3 heterocycles. The predicted molar refractivity (Wildman–Crippen MR) is 151 cm³/mol. The van der Waals surface area contributed by atoms with Crippen LogP contribution in [-0.2, 0) is 16.0 Å². The molecule has 2 aliphatic rings. The summed E-state index contributed by atoms with van der Waals surface area (Å²) in [6, 6.07) is 20.2. The number of nitrogens with zero attached hydrogens (tertiary/aromatic N) is 1. The Morgan fingerprint density at radius 2 is 1.70 bits per heavy atom. The zero-order valence-electron chi connectivity index (χ0n) is 22.0. The van der Waals surface area contributed by atoms with Crippen LogP contribution < -0.4 is 10.1 Å². The van der Waals surface area contributed by atoms with E-state index in [1.807, 2.05) is 36.4 Å². The van der Waals surface area contributed by atoms with Crippen molar-refractivity contribution >= 4 is 22.6 Å². The van der Waals surface area contributed by atoms with Gasteiger partial charge in [-0.1, -0.05) is 60.1 Å². The summed E-state index contributed by atoms with van der Waals surface area (Å²) in [5.74, 6) is 0. The first-order valence-corrected chi connectivity index (χ1v) is 13.8. The van der Waals surface area contributed by atoms with Gasteiger partial charge in [0.05, 0.1) is 48.0 Å². The van der Waals surface area contributed by atoms with Crippen molar-refractivity contribution in [1.29, 1.82) is 0 Å². The van der Waals surface area contributed by atoms with Crippen molar-refractivity contribution in [2.45, 2.75) is 50.0 Å². The average Bonchev–Trinajstić information content (AvgIpc) is 3.65. The van der Waals surface area contributed by atoms with Crippen molar-refractivity contribution in [3.63, 3.8) is 0 Å². The first-order chi connectivity index (χ1) is 19.4. The molecule has 2 fully saturated rings. The average molecular weight is 566 g/mol. The van der Waals surface area contributed by atoms with Crippen molar-refractivity contribution < 1.29 is 29.5 Å². The third kappa shape index (κ3) is 5.46. The highest BCUT2D eigenvalue weighted by Crippen LogP contribution is 2.35. The van der Waals surface area contributed by atoms with Crippen LogP contribution in [0.5, 0.6) is 6.01 Å². The maximum Gasteiger partial charge on any atom is 0.295 e. The van der Waals surface area contributed by atoms with E-state index in [9.17, 15) is 15.3 Å². The van der Waals surface area contributed by atoms with E-state index in [-0.39, 0.29) is 37.6 Å². The maximum absolute atomic E-state index is 9.96. The monoisotopic (exact) mass is 565 g/mol. The number of nitrogens with one attached hydrogen (secondary N) is 2. The van der Waals surface area contributed by atoms with Crippen molar-refractivity contribution in [2.24, 2.45) is 0 Å². The number of rotatable bonds is 9. The summed E-state index contributed by atoms with van der Waals surface area (Å²) in [5.41, 5.74) is 6.54. The summed E-state index contributed by atoms with van der Waals surface area (Å²) < 4.78 is 17.3. The van der Waals surface area contributed by atoms with Crippen molar-refractivity contribution in [1.82, 2.24) is 15.3 Å². The van der Waals surface area contributed by atoms with Gasteiger partial charge in [0.2, 0.25) is 0 Å². The van der Waals surface area contributed by atoms with Gasteiger partial charge in [0.25, 0.3) is 6.01 Å². The first-order valence-electron chi connectivity index (χ1n) is 13.4. The Morgan fingerprint density at radius 3 is 2.40 bits per heavy atom. The molecule has 9 nitrogen and oxygen atoms in total. The van der Waals surface area contributed by atoms with E-state index in [1.165, 1.54) is 0 Å². The molecule has 5 N–H and O–H groups in total. The van der Waals surface area contributed by atoms with Gasteiger partial charge in [-0.3, -0.25) is 0 Å². The number of hydrogen-bond acceptors (Lipinski definition) is 8.